The first-order valence-electron chi connectivity index (χ1n) is 2.60. The van der Waals surface area contributed by atoms with E-state index in [4.69, 9.17) is 5.26 Å². The van der Waals surface area contributed by atoms with E-state index in [0.717, 1.165) is 0 Å². The van der Waals surface area contributed by atoms with Crippen molar-refractivity contribution < 1.29 is 0 Å². The van der Waals surface area contributed by atoms with Crippen LogP contribution < -0.4 is 0 Å². The Balaban J connectivity index is 2.80. The number of nitrogens with zero attached hydrogens (tertiary/aromatic N) is 3. The summed E-state index contributed by atoms with van der Waals surface area (Å²) < 4.78 is 0. The SMILES string of the molecule is CC(C#N)c1cn[nH]n1. The molecule has 0 aromatic carbocycles. The minimum absolute atomic E-state index is 0.163. The largest absolute Gasteiger partial charge is 0.198 e. The molecule has 0 aliphatic rings. The summed E-state index contributed by atoms with van der Waals surface area (Å²) in [5.74, 6) is -0.163. The summed E-state index contributed by atoms with van der Waals surface area (Å²) in [6, 6.07) is 2.04. The van der Waals surface area contributed by atoms with E-state index >= 15 is 0 Å². The molecule has 1 atom stereocenters. The molecule has 0 aliphatic heterocycles. The Morgan fingerprint density at radius 3 is 3.11 bits per heavy atom. The molecule has 1 rings (SSSR count). The van der Waals surface area contributed by atoms with Crippen LogP contribution >= 0.6 is 0 Å². The van der Waals surface area contributed by atoms with Crippen molar-refractivity contribution in [1.29, 1.82) is 5.26 Å². The van der Waals surface area contributed by atoms with Gasteiger partial charge in [0.25, 0.3) is 0 Å². The molecule has 1 N–H and O–H groups in total. The monoisotopic (exact) mass is 122 g/mol. The number of rotatable bonds is 1. The molecule has 0 fully saturated rings. The molecule has 46 valence electrons. The van der Waals surface area contributed by atoms with Crippen molar-refractivity contribution in [3.05, 3.63) is 11.9 Å². The molecule has 1 aromatic rings. The van der Waals surface area contributed by atoms with Crippen LogP contribution in [0.1, 0.15) is 18.5 Å². The van der Waals surface area contributed by atoms with Gasteiger partial charge in [0, 0.05) is 0 Å². The van der Waals surface area contributed by atoms with Gasteiger partial charge >= 0.3 is 0 Å². The highest BCUT2D eigenvalue weighted by atomic mass is 15.3. The molecule has 0 bridgehead atoms. The van der Waals surface area contributed by atoms with Crippen LogP contribution in [0.5, 0.6) is 0 Å². The van der Waals surface area contributed by atoms with Gasteiger partial charge in [0.05, 0.1) is 23.9 Å². The van der Waals surface area contributed by atoms with Crippen LogP contribution in [0, 0.1) is 11.3 Å². The van der Waals surface area contributed by atoms with E-state index in [2.05, 4.69) is 15.4 Å². The van der Waals surface area contributed by atoms with Crippen molar-refractivity contribution in [2.24, 2.45) is 0 Å². The second kappa shape index (κ2) is 2.27. The third-order valence-corrected chi connectivity index (χ3v) is 1.07. The normalized spacial score (nSPS) is 12.4. The maximum absolute atomic E-state index is 8.37. The first-order valence-corrected chi connectivity index (χ1v) is 2.60. The van der Waals surface area contributed by atoms with Gasteiger partial charge in [-0.15, -0.1) is 0 Å². The average Bonchev–Trinajstić information content (AvgIpc) is 2.37. The highest BCUT2D eigenvalue weighted by Crippen LogP contribution is 2.06. The van der Waals surface area contributed by atoms with E-state index in [1.54, 1.807) is 13.1 Å². The molecular weight excluding hydrogens is 116 g/mol. The number of aromatic nitrogens is 3. The van der Waals surface area contributed by atoms with E-state index in [-0.39, 0.29) is 5.92 Å². The predicted molar refractivity (Wildman–Crippen MR) is 30.4 cm³/mol. The minimum Gasteiger partial charge on any atom is -0.198 e. The fraction of sp³-hybridized carbons (Fsp3) is 0.400. The predicted octanol–water partition coefficient (Wildman–Crippen LogP) is 0.432. The summed E-state index contributed by atoms with van der Waals surface area (Å²) in [5.41, 5.74) is 0.692. The van der Waals surface area contributed by atoms with Crippen LogP contribution in [-0.2, 0) is 0 Å². The van der Waals surface area contributed by atoms with E-state index in [1.807, 2.05) is 6.07 Å². The van der Waals surface area contributed by atoms with Crippen molar-refractivity contribution in [3.63, 3.8) is 0 Å². The molecule has 0 spiro atoms. The molecule has 9 heavy (non-hydrogen) atoms. The third kappa shape index (κ3) is 1.05. The van der Waals surface area contributed by atoms with Gasteiger partial charge < -0.3 is 0 Å². The summed E-state index contributed by atoms with van der Waals surface area (Å²) in [5, 5.41) is 18.1. The van der Waals surface area contributed by atoms with Crippen molar-refractivity contribution in [2.75, 3.05) is 0 Å². The van der Waals surface area contributed by atoms with Crippen molar-refractivity contribution >= 4 is 0 Å². The van der Waals surface area contributed by atoms with Gasteiger partial charge in [-0.05, 0) is 6.92 Å². The first kappa shape index (κ1) is 5.76. The maximum Gasteiger partial charge on any atom is 0.0993 e. The molecular formula is C5H6N4. The zero-order valence-corrected chi connectivity index (χ0v) is 5.00. The standard InChI is InChI=1S/C5H6N4/c1-4(2-6)5-3-7-9-8-5/h3-4H,1H3,(H,7,8,9). The molecule has 1 heterocycles. The van der Waals surface area contributed by atoms with Crippen molar-refractivity contribution in [1.82, 2.24) is 15.4 Å². The van der Waals surface area contributed by atoms with Gasteiger partial charge in [-0.3, -0.25) is 0 Å². The van der Waals surface area contributed by atoms with Crippen molar-refractivity contribution in [3.8, 4) is 6.07 Å². The zero-order chi connectivity index (χ0) is 6.69. The number of hydrogen-bond acceptors (Lipinski definition) is 3. The molecule has 1 unspecified atom stereocenters. The van der Waals surface area contributed by atoms with Crippen molar-refractivity contribution in [2.45, 2.75) is 12.8 Å². The number of nitrogens with one attached hydrogen (secondary N) is 1. The summed E-state index contributed by atoms with van der Waals surface area (Å²) >= 11 is 0. The molecule has 4 heteroatoms. The number of aromatic amines is 1. The fourth-order valence-corrected chi connectivity index (χ4v) is 0.485. The molecule has 0 saturated heterocycles. The van der Waals surface area contributed by atoms with Gasteiger partial charge in [-0.1, -0.05) is 0 Å². The molecule has 0 amide bonds. The number of H-pyrrole nitrogens is 1. The van der Waals surface area contributed by atoms with E-state index in [1.165, 1.54) is 0 Å². The lowest BCUT2D eigenvalue weighted by Gasteiger charge is -1.89. The first-order chi connectivity index (χ1) is 4.34. The number of hydrogen-bond donors (Lipinski definition) is 1. The van der Waals surface area contributed by atoms with Crippen LogP contribution in [0.25, 0.3) is 0 Å². The summed E-state index contributed by atoms with van der Waals surface area (Å²) in [4.78, 5) is 0. The Labute approximate surface area is 52.5 Å². The highest BCUT2D eigenvalue weighted by Gasteiger charge is 2.04. The zero-order valence-electron chi connectivity index (χ0n) is 5.00. The van der Waals surface area contributed by atoms with Gasteiger partial charge in [0.2, 0.25) is 0 Å². The lowest BCUT2D eigenvalue weighted by Crippen LogP contribution is -1.88. The third-order valence-electron chi connectivity index (χ3n) is 1.07. The Kier molecular flexibility index (Phi) is 1.45. The summed E-state index contributed by atoms with van der Waals surface area (Å²) in [7, 11) is 0. The van der Waals surface area contributed by atoms with Crippen LogP contribution in [-0.4, -0.2) is 15.4 Å². The lowest BCUT2D eigenvalue weighted by molar-refractivity contribution is 0.870. The fourth-order valence-electron chi connectivity index (χ4n) is 0.485. The second-order valence-corrected chi connectivity index (χ2v) is 1.75. The summed E-state index contributed by atoms with van der Waals surface area (Å²) in [6.45, 7) is 1.78. The highest BCUT2D eigenvalue weighted by molar-refractivity contribution is 5.08. The van der Waals surface area contributed by atoms with Gasteiger partial charge in [-0.25, -0.2) is 0 Å². The molecule has 1 aromatic heterocycles. The Morgan fingerprint density at radius 2 is 2.67 bits per heavy atom. The molecule has 0 saturated carbocycles. The maximum atomic E-state index is 8.37. The molecule has 0 radical (unpaired) electrons. The van der Waals surface area contributed by atoms with E-state index in [9.17, 15) is 0 Å². The van der Waals surface area contributed by atoms with E-state index in [0.29, 0.717) is 5.69 Å². The minimum atomic E-state index is -0.163. The van der Waals surface area contributed by atoms with Crippen LogP contribution in [0.15, 0.2) is 6.20 Å². The average molecular weight is 122 g/mol. The quantitative estimate of drug-likeness (QED) is 0.587. The Bertz CT molecular complexity index is 207. The summed E-state index contributed by atoms with van der Waals surface area (Å²) in [6.07, 6.45) is 1.55. The van der Waals surface area contributed by atoms with E-state index < -0.39 is 0 Å². The topological polar surface area (TPSA) is 65.4 Å². The van der Waals surface area contributed by atoms with Gasteiger partial charge in [-0.2, -0.15) is 20.7 Å². The van der Waals surface area contributed by atoms with Gasteiger partial charge in [0.1, 0.15) is 0 Å². The van der Waals surface area contributed by atoms with Crippen LogP contribution in [0.2, 0.25) is 0 Å². The number of nitriles is 1. The Hall–Kier alpha value is -1.37. The van der Waals surface area contributed by atoms with Crippen LogP contribution in [0.3, 0.4) is 0 Å². The van der Waals surface area contributed by atoms with Gasteiger partial charge in [0.15, 0.2) is 0 Å². The lowest BCUT2D eigenvalue weighted by atomic mass is 10.1. The molecule has 4 nitrogen and oxygen atoms in total. The van der Waals surface area contributed by atoms with Crippen LogP contribution in [0.4, 0.5) is 0 Å². The molecule has 0 aliphatic carbocycles. The smallest absolute Gasteiger partial charge is 0.0993 e. The second-order valence-electron chi connectivity index (χ2n) is 1.75. The Morgan fingerprint density at radius 1 is 1.89 bits per heavy atom.